The monoisotopic (exact) mass is 574 g/mol. The normalized spacial score (nSPS) is 13.1. The quantitative estimate of drug-likeness (QED) is 0.220. The molecule has 212 valence electrons. The van der Waals surface area contributed by atoms with Crippen LogP contribution in [0.25, 0.3) is 22.3 Å². The first-order chi connectivity index (χ1) is 22.3. The van der Waals surface area contributed by atoms with Crippen molar-refractivity contribution in [2.24, 2.45) is 0 Å². The van der Waals surface area contributed by atoms with Crippen molar-refractivity contribution in [3.05, 3.63) is 198 Å². The topological polar surface area (TPSA) is 15.3 Å². The van der Waals surface area contributed by atoms with Crippen LogP contribution >= 0.6 is 0 Å². The Hall–Kier alpha value is -5.86. The summed E-state index contributed by atoms with van der Waals surface area (Å²) < 4.78 is 0. The van der Waals surface area contributed by atoms with E-state index in [1.807, 2.05) is 0 Å². The second-order valence-corrected chi connectivity index (χ2v) is 11.8. The zero-order valence-corrected chi connectivity index (χ0v) is 24.7. The fourth-order valence-electron chi connectivity index (χ4n) is 7.67. The molecule has 0 heterocycles. The molecule has 0 aliphatic heterocycles. The molecule has 0 bridgehead atoms. The highest BCUT2D eigenvalue weighted by Crippen LogP contribution is 2.62. The van der Waals surface area contributed by atoms with Gasteiger partial charge in [-0.05, 0) is 99.1 Å². The van der Waals surface area contributed by atoms with Crippen LogP contribution in [-0.4, -0.2) is 0 Å². The van der Waals surface area contributed by atoms with E-state index in [0.29, 0.717) is 0 Å². The van der Waals surface area contributed by atoms with Gasteiger partial charge in [-0.1, -0.05) is 121 Å². The van der Waals surface area contributed by atoms with Crippen molar-refractivity contribution in [1.29, 1.82) is 0 Å². The number of anilines is 5. The lowest BCUT2D eigenvalue weighted by Crippen LogP contribution is -2.25. The SMILES string of the molecule is c1ccc(N(c2ccccc2)c2cccc(Nc3ccc4c(c3)-c3ccccc3C43c4ccccc4-c4ccccc43)c2)cc1. The lowest BCUT2D eigenvalue weighted by atomic mass is 9.70. The van der Waals surface area contributed by atoms with Crippen LogP contribution in [0.1, 0.15) is 22.3 Å². The number of hydrogen-bond donors (Lipinski definition) is 1. The number of para-hydroxylation sites is 2. The Bertz CT molecular complexity index is 2120. The van der Waals surface area contributed by atoms with Crippen molar-refractivity contribution in [2.75, 3.05) is 10.2 Å². The standard InChI is InChI=1S/C43H30N2/c1-3-15-32(16-4-1)45(33-17-5-2-6-18-33)34-19-13-14-30(28-34)44-31-26-27-42-38(29-31)37-22-9-12-25-41(37)43(42)39-23-10-7-20-35(39)36-21-8-11-24-40(36)43/h1-29,44H. The highest BCUT2D eigenvalue weighted by Gasteiger charge is 2.51. The maximum Gasteiger partial charge on any atom is 0.0725 e. The third-order valence-corrected chi connectivity index (χ3v) is 9.42. The summed E-state index contributed by atoms with van der Waals surface area (Å²) in [6.07, 6.45) is 0. The van der Waals surface area contributed by atoms with Gasteiger partial charge < -0.3 is 10.2 Å². The summed E-state index contributed by atoms with van der Waals surface area (Å²) >= 11 is 0. The molecule has 1 spiro atoms. The van der Waals surface area contributed by atoms with Gasteiger partial charge in [0.25, 0.3) is 0 Å². The first-order valence-electron chi connectivity index (χ1n) is 15.5. The van der Waals surface area contributed by atoms with E-state index in [-0.39, 0.29) is 5.41 Å². The molecule has 2 heteroatoms. The Kier molecular flexibility index (Phi) is 5.76. The molecule has 1 N–H and O–H groups in total. The van der Waals surface area contributed by atoms with Crippen molar-refractivity contribution in [2.45, 2.75) is 5.41 Å². The molecule has 45 heavy (non-hydrogen) atoms. The van der Waals surface area contributed by atoms with Crippen LogP contribution in [0.5, 0.6) is 0 Å². The van der Waals surface area contributed by atoms with Crippen molar-refractivity contribution in [3.8, 4) is 22.3 Å². The van der Waals surface area contributed by atoms with Gasteiger partial charge in [0.15, 0.2) is 0 Å². The summed E-state index contributed by atoms with van der Waals surface area (Å²) in [7, 11) is 0. The predicted octanol–water partition coefficient (Wildman–Crippen LogP) is 11.2. The maximum absolute atomic E-state index is 3.75. The van der Waals surface area contributed by atoms with Crippen LogP contribution in [0.3, 0.4) is 0 Å². The summed E-state index contributed by atoms with van der Waals surface area (Å²) in [6.45, 7) is 0. The van der Waals surface area contributed by atoms with Crippen LogP contribution in [-0.2, 0) is 5.41 Å². The molecule has 0 unspecified atom stereocenters. The molecule has 0 amide bonds. The van der Waals surface area contributed by atoms with Crippen molar-refractivity contribution < 1.29 is 0 Å². The molecule has 2 nitrogen and oxygen atoms in total. The predicted molar refractivity (Wildman–Crippen MR) is 187 cm³/mol. The third kappa shape index (κ3) is 3.82. The molecule has 0 saturated heterocycles. The second kappa shape index (κ2) is 10.1. The highest BCUT2D eigenvalue weighted by molar-refractivity contribution is 5.96. The van der Waals surface area contributed by atoms with E-state index in [4.69, 9.17) is 0 Å². The maximum atomic E-state index is 3.75. The zero-order chi connectivity index (χ0) is 29.8. The fraction of sp³-hybridized carbons (Fsp3) is 0.0233. The van der Waals surface area contributed by atoms with Gasteiger partial charge in [-0.25, -0.2) is 0 Å². The van der Waals surface area contributed by atoms with E-state index < -0.39 is 0 Å². The Balaban J connectivity index is 1.15. The van der Waals surface area contributed by atoms with Gasteiger partial charge in [0, 0.05) is 28.4 Å². The molecule has 0 fully saturated rings. The second-order valence-electron chi connectivity index (χ2n) is 11.8. The van der Waals surface area contributed by atoms with E-state index in [1.54, 1.807) is 0 Å². The number of nitrogens with zero attached hydrogens (tertiary/aromatic N) is 1. The summed E-state index contributed by atoms with van der Waals surface area (Å²) in [6, 6.07) is 63.5. The van der Waals surface area contributed by atoms with Gasteiger partial charge in [-0.3, -0.25) is 0 Å². The lowest BCUT2D eigenvalue weighted by molar-refractivity contribution is 0.794. The summed E-state index contributed by atoms with van der Waals surface area (Å²) in [5, 5.41) is 3.75. The summed E-state index contributed by atoms with van der Waals surface area (Å²) in [5.74, 6) is 0. The van der Waals surface area contributed by atoms with E-state index >= 15 is 0 Å². The smallest absolute Gasteiger partial charge is 0.0725 e. The molecule has 2 aliphatic rings. The number of fused-ring (bicyclic) bond motifs is 10. The summed E-state index contributed by atoms with van der Waals surface area (Å²) in [5.41, 5.74) is 15.8. The van der Waals surface area contributed by atoms with Gasteiger partial charge in [0.2, 0.25) is 0 Å². The average Bonchev–Trinajstić information content (AvgIpc) is 3.57. The first-order valence-corrected chi connectivity index (χ1v) is 15.5. The van der Waals surface area contributed by atoms with E-state index in [0.717, 1.165) is 28.4 Å². The molecule has 0 radical (unpaired) electrons. The van der Waals surface area contributed by atoms with Crippen LogP contribution in [0.4, 0.5) is 28.4 Å². The molecule has 0 saturated carbocycles. The molecular formula is C43H30N2. The van der Waals surface area contributed by atoms with Crippen molar-refractivity contribution in [3.63, 3.8) is 0 Å². The number of rotatable bonds is 5. The van der Waals surface area contributed by atoms with Gasteiger partial charge in [0.05, 0.1) is 5.41 Å². The van der Waals surface area contributed by atoms with Gasteiger partial charge in [-0.15, -0.1) is 0 Å². The molecule has 9 rings (SSSR count). The van der Waals surface area contributed by atoms with Gasteiger partial charge in [0.1, 0.15) is 0 Å². The molecule has 7 aromatic rings. The fourth-order valence-corrected chi connectivity index (χ4v) is 7.67. The zero-order valence-electron chi connectivity index (χ0n) is 24.7. The van der Waals surface area contributed by atoms with E-state index in [9.17, 15) is 0 Å². The minimum atomic E-state index is -0.316. The Morgan fingerprint density at radius 2 is 0.778 bits per heavy atom. The largest absolute Gasteiger partial charge is 0.355 e. The van der Waals surface area contributed by atoms with Crippen LogP contribution in [0.15, 0.2) is 176 Å². The van der Waals surface area contributed by atoms with Crippen LogP contribution in [0.2, 0.25) is 0 Å². The van der Waals surface area contributed by atoms with Crippen molar-refractivity contribution >= 4 is 28.4 Å². The summed E-state index contributed by atoms with van der Waals surface area (Å²) in [4.78, 5) is 2.29. The molecule has 0 aromatic heterocycles. The Morgan fingerprint density at radius 1 is 0.333 bits per heavy atom. The first kappa shape index (κ1) is 25.6. The highest BCUT2D eigenvalue weighted by atomic mass is 15.1. The third-order valence-electron chi connectivity index (χ3n) is 9.42. The van der Waals surface area contributed by atoms with Gasteiger partial charge >= 0.3 is 0 Å². The minimum Gasteiger partial charge on any atom is -0.355 e. The average molecular weight is 575 g/mol. The number of hydrogen-bond acceptors (Lipinski definition) is 2. The number of benzene rings is 7. The van der Waals surface area contributed by atoms with Crippen LogP contribution < -0.4 is 10.2 Å². The van der Waals surface area contributed by atoms with Gasteiger partial charge in [-0.2, -0.15) is 0 Å². The lowest BCUT2D eigenvalue weighted by Gasteiger charge is -2.30. The van der Waals surface area contributed by atoms with E-state index in [2.05, 4.69) is 186 Å². The van der Waals surface area contributed by atoms with Crippen molar-refractivity contribution in [1.82, 2.24) is 0 Å². The number of nitrogens with one attached hydrogen (secondary N) is 1. The Labute approximate surface area is 263 Å². The van der Waals surface area contributed by atoms with E-state index in [1.165, 1.54) is 44.5 Å². The molecular weight excluding hydrogens is 544 g/mol. The minimum absolute atomic E-state index is 0.316. The molecule has 0 atom stereocenters. The van der Waals surface area contributed by atoms with Crippen LogP contribution in [0, 0.1) is 0 Å². The molecule has 7 aromatic carbocycles. The molecule has 2 aliphatic carbocycles. The Morgan fingerprint density at radius 3 is 1.36 bits per heavy atom.